The number of carbonyl (C=O) groups is 1. The lowest BCUT2D eigenvalue weighted by Gasteiger charge is -2.19. The first-order valence-electron chi connectivity index (χ1n) is 7.83. The first-order valence-corrected chi connectivity index (χ1v) is 10.2. The summed E-state index contributed by atoms with van der Waals surface area (Å²) in [7, 11) is -2.05. The molecule has 24 heavy (non-hydrogen) atoms. The molecule has 0 bridgehead atoms. The summed E-state index contributed by atoms with van der Waals surface area (Å²) in [6, 6.07) is 10.0. The monoisotopic (exact) mass is 366 g/mol. The van der Waals surface area contributed by atoms with Gasteiger partial charge in [0, 0.05) is 18.7 Å². The molecule has 7 heteroatoms. The topological polar surface area (TPSA) is 66.5 Å². The van der Waals surface area contributed by atoms with E-state index in [9.17, 15) is 13.2 Å². The van der Waals surface area contributed by atoms with Gasteiger partial charge in [-0.25, -0.2) is 8.42 Å². The third-order valence-corrected chi connectivity index (χ3v) is 7.08. The predicted octanol–water partition coefficient (Wildman–Crippen LogP) is 3.49. The van der Waals surface area contributed by atoms with Crippen molar-refractivity contribution in [3.05, 3.63) is 47.3 Å². The van der Waals surface area contributed by atoms with Gasteiger partial charge in [-0.15, -0.1) is 11.3 Å². The number of sulfonamides is 1. The molecule has 2 rings (SSSR count). The molecule has 0 atom stereocenters. The third-order valence-electron chi connectivity index (χ3n) is 3.92. The van der Waals surface area contributed by atoms with Crippen molar-refractivity contribution in [2.24, 2.45) is 0 Å². The van der Waals surface area contributed by atoms with E-state index in [1.165, 1.54) is 22.7 Å². The first kappa shape index (κ1) is 18.5. The normalized spacial score (nSPS) is 11.5. The zero-order chi connectivity index (χ0) is 17.7. The molecule has 0 spiro atoms. The van der Waals surface area contributed by atoms with Crippen LogP contribution in [-0.2, 0) is 10.0 Å². The van der Waals surface area contributed by atoms with E-state index in [2.05, 4.69) is 5.32 Å². The molecule has 2 aromatic rings. The fraction of sp³-hybridized carbons (Fsp3) is 0.353. The number of hydrogen-bond acceptors (Lipinski definition) is 4. The number of anilines is 1. The van der Waals surface area contributed by atoms with Crippen LogP contribution >= 0.6 is 11.3 Å². The molecule has 0 aliphatic carbocycles. The van der Waals surface area contributed by atoms with Crippen LogP contribution in [0.1, 0.15) is 37.0 Å². The van der Waals surface area contributed by atoms with E-state index in [4.69, 9.17) is 0 Å². The Morgan fingerprint density at radius 2 is 1.79 bits per heavy atom. The summed E-state index contributed by atoms with van der Waals surface area (Å²) < 4.78 is 26.5. The van der Waals surface area contributed by atoms with Crippen LogP contribution in [0, 0.1) is 0 Å². The van der Waals surface area contributed by atoms with Gasteiger partial charge < -0.3 is 5.32 Å². The summed E-state index contributed by atoms with van der Waals surface area (Å²) in [5.74, 6) is -0.140. The minimum absolute atomic E-state index is 0.140. The second-order valence-corrected chi connectivity index (χ2v) is 8.58. The van der Waals surface area contributed by atoms with Crippen LogP contribution in [0.4, 0.5) is 5.69 Å². The average Bonchev–Trinajstić information content (AvgIpc) is 3.14. The highest BCUT2D eigenvalue weighted by atomic mass is 32.2. The lowest BCUT2D eigenvalue weighted by Crippen LogP contribution is -2.33. The Bertz CT molecular complexity index is 765. The number of nitrogens with one attached hydrogen (secondary N) is 1. The van der Waals surface area contributed by atoms with E-state index in [1.807, 2.05) is 13.8 Å². The Balaban J connectivity index is 2.16. The Morgan fingerprint density at radius 3 is 2.29 bits per heavy atom. The second-order valence-electron chi connectivity index (χ2n) is 5.44. The Morgan fingerprint density at radius 1 is 1.17 bits per heavy atom. The zero-order valence-corrected chi connectivity index (χ0v) is 15.7. The fourth-order valence-corrected chi connectivity index (χ4v) is 4.62. The molecule has 1 amide bonds. The van der Waals surface area contributed by atoms with Crippen LogP contribution in [0.5, 0.6) is 0 Å². The smallest absolute Gasteiger partial charge is 0.273 e. The molecule has 5 nitrogen and oxygen atoms in total. The number of nitrogens with zero attached hydrogens (tertiary/aromatic N) is 1. The molecular weight excluding hydrogens is 344 g/mol. The molecular formula is C17H22N2O3S2. The maximum atomic E-state index is 12.5. The SMILES string of the molecule is CCC(CC)NC(=O)c1ccc(N(C)S(=O)(=O)c2cccs2)cc1. The van der Waals surface area contributed by atoms with Gasteiger partial charge in [0.05, 0.1) is 5.69 Å². The average molecular weight is 367 g/mol. The Hall–Kier alpha value is -1.86. The molecule has 1 aromatic heterocycles. The molecule has 1 aromatic carbocycles. The lowest BCUT2D eigenvalue weighted by atomic mass is 10.1. The molecule has 0 radical (unpaired) electrons. The number of thiophene rings is 1. The van der Waals surface area contributed by atoms with Crippen molar-refractivity contribution >= 4 is 33.0 Å². The van der Waals surface area contributed by atoms with Crippen molar-refractivity contribution in [3.8, 4) is 0 Å². The molecule has 1 N–H and O–H groups in total. The quantitative estimate of drug-likeness (QED) is 0.816. The van der Waals surface area contributed by atoms with Gasteiger partial charge in [-0.2, -0.15) is 0 Å². The first-order chi connectivity index (χ1) is 11.4. The van der Waals surface area contributed by atoms with Gasteiger partial charge in [0.2, 0.25) is 0 Å². The van der Waals surface area contributed by atoms with E-state index in [1.54, 1.807) is 41.8 Å². The summed E-state index contributed by atoms with van der Waals surface area (Å²) >= 11 is 1.18. The van der Waals surface area contributed by atoms with Crippen molar-refractivity contribution in [1.29, 1.82) is 0 Å². The van der Waals surface area contributed by atoms with Gasteiger partial charge in [0.15, 0.2) is 0 Å². The van der Waals surface area contributed by atoms with Crippen molar-refractivity contribution in [2.75, 3.05) is 11.4 Å². The second kappa shape index (κ2) is 7.81. The van der Waals surface area contributed by atoms with Crippen molar-refractivity contribution in [2.45, 2.75) is 36.9 Å². The van der Waals surface area contributed by atoms with E-state index in [0.717, 1.165) is 12.8 Å². The van der Waals surface area contributed by atoms with Crippen LogP contribution in [0.3, 0.4) is 0 Å². The largest absolute Gasteiger partial charge is 0.349 e. The van der Waals surface area contributed by atoms with Gasteiger partial charge >= 0.3 is 0 Å². The summed E-state index contributed by atoms with van der Waals surface area (Å²) in [4.78, 5) is 12.2. The lowest BCUT2D eigenvalue weighted by molar-refractivity contribution is 0.0935. The summed E-state index contributed by atoms with van der Waals surface area (Å²) in [6.07, 6.45) is 1.75. The maximum Gasteiger partial charge on any atom is 0.273 e. The van der Waals surface area contributed by atoms with Crippen LogP contribution in [-0.4, -0.2) is 27.4 Å². The zero-order valence-electron chi connectivity index (χ0n) is 14.0. The van der Waals surface area contributed by atoms with E-state index in [0.29, 0.717) is 15.5 Å². The summed E-state index contributed by atoms with van der Waals surface area (Å²) in [6.45, 7) is 4.06. The van der Waals surface area contributed by atoms with E-state index >= 15 is 0 Å². The molecule has 1 heterocycles. The van der Waals surface area contributed by atoms with Gasteiger partial charge in [-0.05, 0) is 48.6 Å². The highest BCUT2D eigenvalue weighted by molar-refractivity contribution is 7.94. The Labute approximate surface area is 147 Å². The number of carbonyl (C=O) groups excluding carboxylic acids is 1. The minimum Gasteiger partial charge on any atom is -0.349 e. The third kappa shape index (κ3) is 3.96. The fourth-order valence-electron chi connectivity index (χ4n) is 2.27. The van der Waals surface area contributed by atoms with E-state index in [-0.39, 0.29) is 11.9 Å². The van der Waals surface area contributed by atoms with E-state index < -0.39 is 10.0 Å². The van der Waals surface area contributed by atoms with Crippen molar-refractivity contribution < 1.29 is 13.2 Å². The number of hydrogen-bond donors (Lipinski definition) is 1. The van der Waals surface area contributed by atoms with Crippen LogP contribution in [0.2, 0.25) is 0 Å². The van der Waals surface area contributed by atoms with Gasteiger partial charge in [0.1, 0.15) is 4.21 Å². The summed E-state index contributed by atoms with van der Waals surface area (Å²) in [5.41, 5.74) is 1.04. The molecule has 0 saturated carbocycles. The van der Waals surface area contributed by atoms with Crippen LogP contribution in [0.15, 0.2) is 46.0 Å². The Kier molecular flexibility index (Phi) is 6.01. The number of benzene rings is 1. The highest BCUT2D eigenvalue weighted by Crippen LogP contribution is 2.25. The van der Waals surface area contributed by atoms with Gasteiger partial charge in [0.25, 0.3) is 15.9 Å². The van der Waals surface area contributed by atoms with Gasteiger partial charge in [-0.1, -0.05) is 19.9 Å². The van der Waals surface area contributed by atoms with Crippen LogP contribution < -0.4 is 9.62 Å². The highest BCUT2D eigenvalue weighted by Gasteiger charge is 2.22. The van der Waals surface area contributed by atoms with Crippen LogP contribution in [0.25, 0.3) is 0 Å². The standard InChI is InChI=1S/C17H22N2O3S2/c1-4-14(5-2)18-17(20)13-8-10-15(11-9-13)19(3)24(21,22)16-7-6-12-23-16/h6-12,14H,4-5H2,1-3H3,(H,18,20). The molecule has 0 fully saturated rings. The minimum atomic E-state index is -3.56. The number of amides is 1. The molecule has 0 aliphatic heterocycles. The maximum absolute atomic E-state index is 12.5. The summed E-state index contributed by atoms with van der Waals surface area (Å²) in [5, 5.41) is 4.69. The van der Waals surface area contributed by atoms with Crippen molar-refractivity contribution in [3.63, 3.8) is 0 Å². The van der Waals surface area contributed by atoms with Gasteiger partial charge in [-0.3, -0.25) is 9.10 Å². The number of rotatable bonds is 7. The molecule has 0 aliphatic rings. The van der Waals surface area contributed by atoms with Crippen molar-refractivity contribution in [1.82, 2.24) is 5.32 Å². The molecule has 0 unspecified atom stereocenters. The molecule has 130 valence electrons. The predicted molar refractivity (Wildman–Crippen MR) is 98.2 cm³/mol. The molecule has 0 saturated heterocycles.